The standard InChI is InChI=1S/C8H9FN2O.ClH/c9-6-3-1-2-4-7(6)11-8(12)5-10;/h1-4H,5,10H2,(H,11,12);1H. The highest BCUT2D eigenvalue weighted by Gasteiger charge is 2.02. The highest BCUT2D eigenvalue weighted by atomic mass is 35.5. The van der Waals surface area contributed by atoms with Gasteiger partial charge in [0.1, 0.15) is 5.82 Å². The zero-order chi connectivity index (χ0) is 8.97. The number of carbonyl (C=O) groups is 1. The number of hydrogen-bond donors (Lipinski definition) is 2. The first-order valence-corrected chi connectivity index (χ1v) is 3.48. The Morgan fingerprint density at radius 2 is 2.08 bits per heavy atom. The number of para-hydroxylation sites is 1. The first kappa shape index (κ1) is 11.9. The van der Waals surface area contributed by atoms with Crippen LogP contribution in [0, 0.1) is 5.82 Å². The molecule has 3 N–H and O–H groups in total. The zero-order valence-corrected chi connectivity index (χ0v) is 7.60. The van der Waals surface area contributed by atoms with Gasteiger partial charge in [0.2, 0.25) is 5.91 Å². The van der Waals surface area contributed by atoms with Gasteiger partial charge in [0, 0.05) is 0 Å². The van der Waals surface area contributed by atoms with Crippen LogP contribution >= 0.6 is 12.4 Å². The molecule has 0 unspecified atom stereocenters. The van der Waals surface area contributed by atoms with Crippen molar-refractivity contribution < 1.29 is 9.18 Å². The van der Waals surface area contributed by atoms with E-state index in [2.05, 4.69) is 5.32 Å². The minimum atomic E-state index is -0.459. The van der Waals surface area contributed by atoms with Crippen molar-refractivity contribution in [2.45, 2.75) is 0 Å². The Bertz CT molecular complexity index is 293. The summed E-state index contributed by atoms with van der Waals surface area (Å²) >= 11 is 0. The molecule has 0 saturated heterocycles. The van der Waals surface area contributed by atoms with E-state index in [1.807, 2.05) is 0 Å². The molecule has 5 heteroatoms. The van der Waals surface area contributed by atoms with E-state index in [1.165, 1.54) is 12.1 Å². The zero-order valence-electron chi connectivity index (χ0n) is 6.79. The molecule has 0 radical (unpaired) electrons. The fourth-order valence-electron chi connectivity index (χ4n) is 0.764. The number of rotatable bonds is 2. The third kappa shape index (κ3) is 3.40. The fourth-order valence-corrected chi connectivity index (χ4v) is 0.764. The number of anilines is 1. The van der Waals surface area contributed by atoms with Gasteiger partial charge in [-0.15, -0.1) is 12.4 Å². The molecule has 1 amide bonds. The van der Waals surface area contributed by atoms with Gasteiger partial charge in [-0.2, -0.15) is 0 Å². The SMILES string of the molecule is Cl.NCC(=O)Nc1ccccc1F. The summed E-state index contributed by atoms with van der Waals surface area (Å²) in [5.41, 5.74) is 5.20. The lowest BCUT2D eigenvalue weighted by Crippen LogP contribution is -2.22. The van der Waals surface area contributed by atoms with Crippen LogP contribution < -0.4 is 11.1 Å². The Balaban J connectivity index is 0.00000144. The van der Waals surface area contributed by atoms with E-state index in [0.717, 1.165) is 0 Å². The van der Waals surface area contributed by atoms with Crippen molar-refractivity contribution in [2.24, 2.45) is 5.73 Å². The molecule has 0 atom stereocenters. The molecule has 72 valence electrons. The van der Waals surface area contributed by atoms with Crippen LogP contribution in [0.15, 0.2) is 24.3 Å². The number of nitrogens with two attached hydrogens (primary N) is 1. The summed E-state index contributed by atoms with van der Waals surface area (Å²) in [6, 6.07) is 5.93. The number of benzene rings is 1. The van der Waals surface area contributed by atoms with Crippen LogP contribution in [0.1, 0.15) is 0 Å². The smallest absolute Gasteiger partial charge is 0.238 e. The fraction of sp³-hybridized carbons (Fsp3) is 0.125. The predicted octanol–water partition coefficient (Wildman–Crippen LogP) is 1.14. The average Bonchev–Trinajstić information content (AvgIpc) is 2.09. The molecule has 0 aliphatic carbocycles. The van der Waals surface area contributed by atoms with Gasteiger partial charge in [-0.25, -0.2) is 4.39 Å². The maximum atomic E-state index is 12.8. The van der Waals surface area contributed by atoms with Crippen LogP contribution in [0.2, 0.25) is 0 Å². The van der Waals surface area contributed by atoms with E-state index in [0.29, 0.717) is 0 Å². The minimum Gasteiger partial charge on any atom is -0.322 e. The van der Waals surface area contributed by atoms with Crippen molar-refractivity contribution in [1.29, 1.82) is 0 Å². The van der Waals surface area contributed by atoms with E-state index < -0.39 is 11.7 Å². The third-order valence-electron chi connectivity index (χ3n) is 1.33. The predicted molar refractivity (Wildman–Crippen MR) is 51.3 cm³/mol. The molecule has 0 bridgehead atoms. The summed E-state index contributed by atoms with van der Waals surface area (Å²) in [5, 5.41) is 2.32. The Morgan fingerprint density at radius 1 is 1.46 bits per heavy atom. The summed E-state index contributed by atoms with van der Waals surface area (Å²) in [6.45, 7) is -0.145. The average molecular weight is 205 g/mol. The molecule has 0 aromatic heterocycles. The summed E-state index contributed by atoms with van der Waals surface area (Å²) in [4.78, 5) is 10.7. The van der Waals surface area contributed by atoms with Crippen molar-refractivity contribution in [3.63, 3.8) is 0 Å². The lowest BCUT2D eigenvalue weighted by Gasteiger charge is -2.03. The summed E-state index contributed by atoms with van der Waals surface area (Å²) in [5.74, 6) is -0.862. The number of halogens is 2. The maximum absolute atomic E-state index is 12.8. The Hall–Kier alpha value is -1.13. The first-order valence-electron chi connectivity index (χ1n) is 3.48. The van der Waals surface area contributed by atoms with Crippen molar-refractivity contribution in [3.8, 4) is 0 Å². The summed E-state index contributed by atoms with van der Waals surface area (Å²) < 4.78 is 12.8. The summed E-state index contributed by atoms with van der Waals surface area (Å²) in [6.07, 6.45) is 0. The quantitative estimate of drug-likeness (QED) is 0.759. The van der Waals surface area contributed by atoms with E-state index in [-0.39, 0.29) is 24.6 Å². The summed E-state index contributed by atoms with van der Waals surface area (Å²) in [7, 11) is 0. The molecule has 1 aromatic rings. The Labute approximate surface area is 81.5 Å². The number of carbonyl (C=O) groups excluding carboxylic acids is 1. The van der Waals surface area contributed by atoms with Crippen LogP contribution in [-0.4, -0.2) is 12.5 Å². The van der Waals surface area contributed by atoms with Gasteiger partial charge >= 0.3 is 0 Å². The molecule has 1 aromatic carbocycles. The number of hydrogen-bond acceptors (Lipinski definition) is 2. The molecule has 0 spiro atoms. The Kier molecular flexibility index (Phi) is 5.03. The molecule has 1 rings (SSSR count). The van der Waals surface area contributed by atoms with Crippen molar-refractivity contribution in [1.82, 2.24) is 0 Å². The molecule has 0 aliphatic heterocycles. The van der Waals surface area contributed by atoms with Crippen molar-refractivity contribution >= 4 is 24.0 Å². The van der Waals surface area contributed by atoms with Crippen LogP contribution in [-0.2, 0) is 4.79 Å². The highest BCUT2D eigenvalue weighted by molar-refractivity contribution is 5.92. The van der Waals surface area contributed by atoms with Gasteiger partial charge in [0.25, 0.3) is 0 Å². The lowest BCUT2D eigenvalue weighted by molar-refractivity contribution is -0.114. The topological polar surface area (TPSA) is 55.1 Å². The van der Waals surface area contributed by atoms with E-state index in [1.54, 1.807) is 12.1 Å². The third-order valence-corrected chi connectivity index (χ3v) is 1.33. The lowest BCUT2D eigenvalue weighted by atomic mass is 10.3. The molecule has 0 aliphatic rings. The largest absolute Gasteiger partial charge is 0.322 e. The number of amides is 1. The van der Waals surface area contributed by atoms with E-state index in [4.69, 9.17) is 5.73 Å². The van der Waals surface area contributed by atoms with Crippen LogP contribution in [0.4, 0.5) is 10.1 Å². The van der Waals surface area contributed by atoms with Crippen molar-refractivity contribution in [2.75, 3.05) is 11.9 Å². The van der Waals surface area contributed by atoms with Gasteiger partial charge in [-0.05, 0) is 12.1 Å². The molecule has 0 heterocycles. The molecule has 0 fully saturated rings. The highest BCUT2D eigenvalue weighted by Crippen LogP contribution is 2.11. The molecular weight excluding hydrogens is 195 g/mol. The normalized spacial score (nSPS) is 8.77. The van der Waals surface area contributed by atoms with Crippen LogP contribution in [0.5, 0.6) is 0 Å². The number of nitrogens with one attached hydrogen (secondary N) is 1. The minimum absolute atomic E-state index is 0. The van der Waals surface area contributed by atoms with Gasteiger partial charge in [-0.3, -0.25) is 4.79 Å². The van der Waals surface area contributed by atoms with Gasteiger partial charge in [-0.1, -0.05) is 12.1 Å². The van der Waals surface area contributed by atoms with Gasteiger partial charge in [0.05, 0.1) is 12.2 Å². The maximum Gasteiger partial charge on any atom is 0.238 e. The molecule has 3 nitrogen and oxygen atoms in total. The van der Waals surface area contributed by atoms with Gasteiger partial charge in [0.15, 0.2) is 0 Å². The second-order valence-corrected chi connectivity index (χ2v) is 2.23. The first-order chi connectivity index (χ1) is 5.74. The van der Waals surface area contributed by atoms with Gasteiger partial charge < -0.3 is 11.1 Å². The molecular formula is C8H10ClFN2O. The molecule has 0 saturated carbocycles. The van der Waals surface area contributed by atoms with Crippen LogP contribution in [0.3, 0.4) is 0 Å². The van der Waals surface area contributed by atoms with E-state index in [9.17, 15) is 9.18 Å². The monoisotopic (exact) mass is 204 g/mol. The van der Waals surface area contributed by atoms with Crippen molar-refractivity contribution in [3.05, 3.63) is 30.1 Å². The molecule has 13 heavy (non-hydrogen) atoms. The second kappa shape index (κ2) is 5.50. The van der Waals surface area contributed by atoms with E-state index >= 15 is 0 Å². The Morgan fingerprint density at radius 3 is 2.62 bits per heavy atom. The second-order valence-electron chi connectivity index (χ2n) is 2.23. The van der Waals surface area contributed by atoms with Crippen LogP contribution in [0.25, 0.3) is 0 Å².